The zero-order valence-corrected chi connectivity index (χ0v) is 17.8. The first-order chi connectivity index (χ1) is 15.7. The molecule has 0 radical (unpaired) electrons. The molecule has 3 aliphatic rings. The lowest BCUT2D eigenvalue weighted by atomic mass is 9.74. The van der Waals surface area contributed by atoms with E-state index in [1.165, 1.54) is 0 Å². The third-order valence-corrected chi connectivity index (χ3v) is 7.26. The number of ketones is 1. The van der Waals surface area contributed by atoms with Gasteiger partial charge in [0.05, 0.1) is 29.5 Å². The minimum Gasteiger partial charge on any atom is -0.469 e. The number of thiophene rings is 1. The number of aliphatic imine (C=N–C) groups is 1. The van der Waals surface area contributed by atoms with E-state index in [1.807, 2.05) is 58.8 Å². The van der Waals surface area contributed by atoms with Gasteiger partial charge in [0.1, 0.15) is 11.6 Å². The Balaban J connectivity index is 1.63. The molecule has 2 aliphatic heterocycles. The molecular formula is C25H18N4O2S. The summed E-state index contributed by atoms with van der Waals surface area (Å²) in [6.45, 7) is 0. The molecule has 32 heavy (non-hydrogen) atoms. The molecule has 6 nitrogen and oxygen atoms in total. The van der Waals surface area contributed by atoms with Gasteiger partial charge in [-0.3, -0.25) is 9.69 Å². The maximum Gasteiger partial charge on any atom is 0.162 e. The molecule has 0 unspecified atom stereocenters. The van der Waals surface area contributed by atoms with Crippen LogP contribution < -0.4 is 10.6 Å². The third kappa shape index (κ3) is 2.63. The van der Waals surface area contributed by atoms with Crippen LogP contribution in [0.2, 0.25) is 0 Å². The van der Waals surface area contributed by atoms with Gasteiger partial charge in [0.25, 0.3) is 0 Å². The molecule has 0 spiro atoms. The number of benzene rings is 1. The second-order valence-electron chi connectivity index (χ2n) is 8.05. The fraction of sp³-hybridized carbons (Fsp3) is 0.160. The van der Waals surface area contributed by atoms with Gasteiger partial charge in [-0.25, -0.2) is 4.99 Å². The maximum absolute atomic E-state index is 13.6. The van der Waals surface area contributed by atoms with Crippen molar-refractivity contribution in [2.24, 2.45) is 10.7 Å². The first-order valence-corrected chi connectivity index (χ1v) is 11.3. The van der Waals surface area contributed by atoms with Crippen molar-refractivity contribution in [1.29, 1.82) is 5.26 Å². The molecule has 0 amide bonds. The predicted molar refractivity (Wildman–Crippen MR) is 122 cm³/mol. The Morgan fingerprint density at radius 3 is 2.78 bits per heavy atom. The monoisotopic (exact) mass is 438 g/mol. The van der Waals surface area contributed by atoms with Crippen molar-refractivity contribution in [3.8, 4) is 6.07 Å². The van der Waals surface area contributed by atoms with Crippen molar-refractivity contribution in [3.05, 3.63) is 99.0 Å². The molecule has 1 aliphatic carbocycles. The Morgan fingerprint density at radius 1 is 1.16 bits per heavy atom. The summed E-state index contributed by atoms with van der Waals surface area (Å²) in [4.78, 5) is 21.2. The van der Waals surface area contributed by atoms with Crippen molar-refractivity contribution in [1.82, 2.24) is 0 Å². The SMILES string of the molecule is N#CC1=C2N=C(N)c3ccccc3N2C2=C(C(=O)C[C@H](c3ccco3)C2)[C@H]1c1cccs1. The highest BCUT2D eigenvalue weighted by Crippen LogP contribution is 2.52. The van der Waals surface area contributed by atoms with E-state index in [-0.39, 0.29) is 11.7 Å². The number of furan rings is 1. The molecule has 2 N–H and O–H groups in total. The lowest BCUT2D eigenvalue weighted by Crippen LogP contribution is -2.40. The fourth-order valence-corrected chi connectivity index (χ4v) is 5.82. The largest absolute Gasteiger partial charge is 0.469 e. The number of fused-ring (bicyclic) bond motifs is 4. The summed E-state index contributed by atoms with van der Waals surface area (Å²) in [7, 11) is 0. The number of nitrogens with zero attached hydrogens (tertiary/aromatic N) is 3. The van der Waals surface area contributed by atoms with Crippen LogP contribution in [0.3, 0.4) is 0 Å². The number of amidine groups is 1. The van der Waals surface area contributed by atoms with E-state index in [9.17, 15) is 10.1 Å². The Hall–Kier alpha value is -3.89. The van der Waals surface area contributed by atoms with E-state index >= 15 is 0 Å². The van der Waals surface area contributed by atoms with E-state index in [4.69, 9.17) is 10.2 Å². The minimum absolute atomic E-state index is 0.0397. The highest BCUT2D eigenvalue weighted by Gasteiger charge is 2.45. The molecule has 156 valence electrons. The van der Waals surface area contributed by atoms with E-state index < -0.39 is 5.92 Å². The Kier molecular flexibility index (Phi) is 4.17. The summed E-state index contributed by atoms with van der Waals surface area (Å²) in [5, 5.41) is 12.2. The van der Waals surface area contributed by atoms with Crippen LogP contribution in [-0.2, 0) is 4.79 Å². The second-order valence-corrected chi connectivity index (χ2v) is 9.03. The number of rotatable bonds is 2. The summed E-state index contributed by atoms with van der Waals surface area (Å²) in [6, 6.07) is 17.8. The second kappa shape index (κ2) is 7.08. The number of para-hydroxylation sites is 1. The van der Waals surface area contributed by atoms with Crippen LogP contribution in [0.5, 0.6) is 0 Å². The summed E-state index contributed by atoms with van der Waals surface area (Å²) in [5.74, 6) is 1.21. The topological polar surface area (TPSA) is 95.6 Å². The maximum atomic E-state index is 13.6. The molecule has 2 aromatic heterocycles. The predicted octanol–water partition coefficient (Wildman–Crippen LogP) is 4.80. The molecule has 0 saturated carbocycles. The van der Waals surface area contributed by atoms with Gasteiger partial charge in [-0.2, -0.15) is 5.26 Å². The normalized spacial score (nSPS) is 22.2. The molecule has 0 bridgehead atoms. The molecular weight excluding hydrogens is 420 g/mol. The quantitative estimate of drug-likeness (QED) is 0.620. The average Bonchev–Trinajstić information content (AvgIpc) is 3.52. The smallest absolute Gasteiger partial charge is 0.162 e. The molecule has 7 heteroatoms. The van der Waals surface area contributed by atoms with Crippen LogP contribution in [0.15, 0.2) is 92.2 Å². The molecule has 0 saturated heterocycles. The van der Waals surface area contributed by atoms with Crippen molar-refractivity contribution < 1.29 is 9.21 Å². The first-order valence-electron chi connectivity index (χ1n) is 10.4. The van der Waals surface area contributed by atoms with Gasteiger partial charge in [0.15, 0.2) is 11.6 Å². The van der Waals surface area contributed by atoms with E-state index in [0.717, 1.165) is 27.6 Å². The highest BCUT2D eigenvalue weighted by molar-refractivity contribution is 7.10. The van der Waals surface area contributed by atoms with Crippen LogP contribution in [0.4, 0.5) is 5.69 Å². The number of Topliss-reactive ketones (excluding diaryl/α,β-unsaturated/α-hetero) is 1. The van der Waals surface area contributed by atoms with Gasteiger partial charge in [0.2, 0.25) is 0 Å². The van der Waals surface area contributed by atoms with Crippen molar-refractivity contribution in [3.63, 3.8) is 0 Å². The Morgan fingerprint density at radius 2 is 2.03 bits per heavy atom. The number of carbonyl (C=O) groups is 1. The number of nitrogens with two attached hydrogens (primary N) is 1. The molecule has 6 rings (SSSR count). The number of anilines is 1. The number of carbonyl (C=O) groups excluding carboxylic acids is 1. The van der Waals surface area contributed by atoms with Gasteiger partial charge in [-0.1, -0.05) is 18.2 Å². The average molecular weight is 439 g/mol. The number of hydrogen-bond acceptors (Lipinski definition) is 7. The minimum atomic E-state index is -0.437. The van der Waals surface area contributed by atoms with Crippen LogP contribution in [-0.4, -0.2) is 11.6 Å². The van der Waals surface area contributed by atoms with Crippen LogP contribution >= 0.6 is 11.3 Å². The van der Waals surface area contributed by atoms with Gasteiger partial charge in [-0.15, -0.1) is 11.3 Å². The summed E-state index contributed by atoms with van der Waals surface area (Å²) < 4.78 is 5.66. The fourth-order valence-electron chi connectivity index (χ4n) is 4.98. The van der Waals surface area contributed by atoms with Gasteiger partial charge in [0, 0.05) is 34.0 Å². The van der Waals surface area contributed by atoms with Crippen LogP contribution in [0.1, 0.15) is 40.9 Å². The Labute approximate surface area is 188 Å². The molecule has 0 fully saturated rings. The highest BCUT2D eigenvalue weighted by atomic mass is 32.1. The van der Waals surface area contributed by atoms with Crippen molar-refractivity contribution >= 4 is 28.6 Å². The zero-order valence-electron chi connectivity index (χ0n) is 17.0. The van der Waals surface area contributed by atoms with E-state index in [2.05, 4.69) is 11.1 Å². The van der Waals surface area contributed by atoms with E-state index in [0.29, 0.717) is 35.6 Å². The van der Waals surface area contributed by atoms with Gasteiger partial charge < -0.3 is 10.2 Å². The third-order valence-electron chi connectivity index (χ3n) is 6.32. The lowest BCUT2D eigenvalue weighted by molar-refractivity contribution is -0.116. The lowest BCUT2D eigenvalue weighted by Gasteiger charge is -2.42. The summed E-state index contributed by atoms with van der Waals surface area (Å²) in [6.07, 6.45) is 2.60. The van der Waals surface area contributed by atoms with Gasteiger partial charge in [-0.05, 0) is 42.1 Å². The number of allylic oxidation sites excluding steroid dienone is 3. The standard InChI is InChI=1S/C25H18N4O2S/c26-13-16-22(21-8-4-10-32-21)23-18(11-14(12-19(23)30)20-7-3-9-31-20)29-17-6-2-1-5-15(17)24(27)28-25(16)29/h1-10,14,22H,11-12H2,(H2,27,28)/t14-,22-/m1/s1. The number of nitriles is 1. The molecule has 3 aromatic rings. The Bertz CT molecular complexity index is 1370. The molecule has 1 aromatic carbocycles. The van der Waals surface area contributed by atoms with Crippen molar-refractivity contribution in [2.45, 2.75) is 24.7 Å². The summed E-state index contributed by atoms with van der Waals surface area (Å²) in [5.41, 5.74) is 9.96. The van der Waals surface area contributed by atoms with E-state index in [1.54, 1.807) is 17.6 Å². The first kappa shape index (κ1) is 18.8. The van der Waals surface area contributed by atoms with Crippen molar-refractivity contribution in [2.75, 3.05) is 4.90 Å². The summed E-state index contributed by atoms with van der Waals surface area (Å²) >= 11 is 1.54. The molecule has 4 heterocycles. The number of hydrogen-bond donors (Lipinski definition) is 1. The van der Waals surface area contributed by atoms with Gasteiger partial charge >= 0.3 is 0 Å². The van der Waals surface area contributed by atoms with Crippen LogP contribution in [0.25, 0.3) is 0 Å². The molecule has 2 atom stereocenters. The van der Waals surface area contributed by atoms with Crippen LogP contribution in [0, 0.1) is 11.3 Å². The zero-order chi connectivity index (χ0) is 21.8.